The Balaban J connectivity index is 1.80. The number of nitrogens with zero attached hydrogens (tertiary/aromatic N) is 1. The smallest absolute Gasteiger partial charge is 0.250 e. The molecule has 1 saturated carbocycles. The number of nitrogens with one attached hydrogen (secondary N) is 1. The van der Waals surface area contributed by atoms with Crippen LogP contribution in [0.5, 0.6) is 0 Å². The quantitative estimate of drug-likeness (QED) is 0.611. The van der Waals surface area contributed by atoms with Crippen LogP contribution in [0.15, 0.2) is 36.4 Å². The Morgan fingerprint density at radius 1 is 1.19 bits per heavy atom. The fraction of sp³-hybridized carbons (Fsp3) is 0.458. The van der Waals surface area contributed by atoms with Crippen molar-refractivity contribution in [3.63, 3.8) is 0 Å². The van der Waals surface area contributed by atoms with Gasteiger partial charge >= 0.3 is 0 Å². The number of rotatable bonds is 3. The van der Waals surface area contributed by atoms with Crippen LogP contribution in [0, 0.1) is 5.82 Å². The molecule has 170 valence electrons. The number of aliphatic hydroxyl groups excluding tert-OH is 1. The van der Waals surface area contributed by atoms with Gasteiger partial charge in [-0.3, -0.25) is 9.69 Å². The van der Waals surface area contributed by atoms with Gasteiger partial charge in [0.25, 0.3) is 0 Å². The van der Waals surface area contributed by atoms with E-state index in [9.17, 15) is 9.90 Å². The predicted octanol–water partition coefficient (Wildman–Crippen LogP) is 4.40. The van der Waals surface area contributed by atoms with Crippen molar-refractivity contribution in [1.82, 2.24) is 4.90 Å². The Labute approximate surface area is 196 Å². The molecule has 1 aliphatic carbocycles. The van der Waals surface area contributed by atoms with Crippen molar-refractivity contribution >= 4 is 34.8 Å². The average molecular weight is 478 g/mol. The Hall–Kier alpha value is -1.70. The molecule has 4 atom stereocenters. The van der Waals surface area contributed by atoms with Crippen LogP contribution < -0.4 is 11.1 Å². The molecular formula is C24H26Cl2FN3O2. The predicted molar refractivity (Wildman–Crippen MR) is 123 cm³/mol. The first-order valence-electron chi connectivity index (χ1n) is 11.1. The lowest BCUT2D eigenvalue weighted by Gasteiger charge is -2.45. The van der Waals surface area contributed by atoms with Crippen LogP contribution in [0.25, 0.3) is 0 Å². The van der Waals surface area contributed by atoms with Gasteiger partial charge in [0.1, 0.15) is 11.4 Å². The van der Waals surface area contributed by atoms with Gasteiger partial charge in [0.05, 0.1) is 17.7 Å². The standard InChI is InChI=1S/C24H26Cl2FN3O2/c25-13-9-10-16-18(11-13)29-23(32)24(16)20(15-7-4-8-17(26)21(15)27)22(28)19(12-31)30(24)14-5-2-1-3-6-14/h4,7-11,14,19-20,22,31H,1-3,5-6,12,28H2,(H,29,32)/t19-,20-,22+,24+/m0/s1. The Bertz CT molecular complexity index is 1060. The molecule has 0 bridgehead atoms. The van der Waals surface area contributed by atoms with E-state index in [4.69, 9.17) is 28.9 Å². The number of carbonyl (C=O) groups is 1. The highest BCUT2D eigenvalue weighted by Crippen LogP contribution is 2.58. The third-order valence-electron chi connectivity index (χ3n) is 7.50. The summed E-state index contributed by atoms with van der Waals surface area (Å²) in [6.07, 6.45) is 5.00. The second kappa shape index (κ2) is 8.26. The van der Waals surface area contributed by atoms with Gasteiger partial charge in [-0.2, -0.15) is 0 Å². The number of fused-ring (bicyclic) bond motifs is 2. The number of benzene rings is 2. The summed E-state index contributed by atoms with van der Waals surface area (Å²) in [5.74, 6) is -1.58. The monoisotopic (exact) mass is 477 g/mol. The van der Waals surface area contributed by atoms with Gasteiger partial charge in [0.2, 0.25) is 5.91 Å². The van der Waals surface area contributed by atoms with E-state index < -0.39 is 29.4 Å². The second-order valence-electron chi connectivity index (χ2n) is 9.06. The molecule has 2 aromatic rings. The summed E-state index contributed by atoms with van der Waals surface area (Å²) in [5.41, 5.74) is 7.11. The highest BCUT2D eigenvalue weighted by Gasteiger charge is 2.67. The molecule has 5 rings (SSSR count). The van der Waals surface area contributed by atoms with Gasteiger partial charge in [-0.15, -0.1) is 0 Å². The van der Waals surface area contributed by atoms with Gasteiger partial charge < -0.3 is 16.2 Å². The van der Waals surface area contributed by atoms with Crippen molar-refractivity contribution in [2.24, 2.45) is 5.73 Å². The molecule has 0 unspecified atom stereocenters. The number of amides is 1. The van der Waals surface area contributed by atoms with E-state index in [1.54, 1.807) is 24.3 Å². The van der Waals surface area contributed by atoms with E-state index in [2.05, 4.69) is 10.2 Å². The molecule has 1 spiro atoms. The lowest BCUT2D eigenvalue weighted by molar-refractivity contribution is -0.130. The third kappa shape index (κ3) is 3.04. The van der Waals surface area contributed by atoms with Gasteiger partial charge in [-0.1, -0.05) is 60.7 Å². The molecule has 2 aromatic carbocycles. The van der Waals surface area contributed by atoms with Crippen LogP contribution >= 0.6 is 23.2 Å². The Morgan fingerprint density at radius 2 is 1.94 bits per heavy atom. The zero-order valence-electron chi connectivity index (χ0n) is 17.5. The summed E-state index contributed by atoms with van der Waals surface area (Å²) < 4.78 is 15.4. The number of anilines is 1. The average Bonchev–Trinajstić information content (AvgIpc) is 3.21. The Morgan fingerprint density at radius 3 is 2.66 bits per heavy atom. The SMILES string of the molecule is N[C@@H]1[C@H](CO)N(C2CCCCC2)[C@@]2(C(=O)Nc3cc(Cl)ccc32)[C@H]1c1cccc(Cl)c1F. The third-order valence-corrected chi connectivity index (χ3v) is 8.03. The molecule has 1 saturated heterocycles. The van der Waals surface area contributed by atoms with Gasteiger partial charge in [0, 0.05) is 34.3 Å². The number of nitrogens with two attached hydrogens (primary N) is 1. The molecule has 32 heavy (non-hydrogen) atoms. The number of aliphatic hydroxyl groups is 1. The van der Waals surface area contributed by atoms with Crippen LogP contribution in [0.2, 0.25) is 10.0 Å². The summed E-state index contributed by atoms with van der Waals surface area (Å²) in [4.78, 5) is 16.0. The van der Waals surface area contributed by atoms with Crippen molar-refractivity contribution in [3.05, 3.63) is 63.4 Å². The Kier molecular flexibility index (Phi) is 5.71. The minimum absolute atomic E-state index is 0.0174. The molecule has 2 aliphatic heterocycles. The van der Waals surface area contributed by atoms with E-state index in [0.717, 1.165) is 32.1 Å². The molecule has 8 heteroatoms. The van der Waals surface area contributed by atoms with Crippen molar-refractivity contribution in [2.75, 3.05) is 11.9 Å². The van der Waals surface area contributed by atoms with Gasteiger partial charge in [-0.25, -0.2) is 4.39 Å². The topological polar surface area (TPSA) is 78.6 Å². The molecule has 3 aliphatic rings. The van der Waals surface area contributed by atoms with E-state index in [0.29, 0.717) is 21.8 Å². The first-order valence-corrected chi connectivity index (χ1v) is 11.9. The fourth-order valence-electron chi connectivity index (χ4n) is 6.29. The molecule has 5 nitrogen and oxygen atoms in total. The van der Waals surface area contributed by atoms with Gasteiger partial charge in [-0.05, 0) is 36.6 Å². The summed E-state index contributed by atoms with van der Waals surface area (Å²) in [5, 5.41) is 13.9. The van der Waals surface area contributed by atoms with E-state index in [-0.39, 0.29) is 23.6 Å². The maximum Gasteiger partial charge on any atom is 0.250 e. The lowest BCUT2D eigenvalue weighted by atomic mass is 9.73. The van der Waals surface area contributed by atoms with Gasteiger partial charge in [0.15, 0.2) is 0 Å². The zero-order valence-corrected chi connectivity index (χ0v) is 19.0. The van der Waals surface area contributed by atoms with Crippen LogP contribution in [-0.4, -0.2) is 40.6 Å². The minimum atomic E-state index is -1.26. The maximum atomic E-state index is 15.4. The van der Waals surface area contributed by atoms with Crippen molar-refractivity contribution < 1.29 is 14.3 Å². The molecule has 0 aromatic heterocycles. The minimum Gasteiger partial charge on any atom is -0.395 e. The number of hydrogen-bond donors (Lipinski definition) is 3. The maximum absolute atomic E-state index is 15.4. The summed E-state index contributed by atoms with van der Waals surface area (Å²) in [6, 6.07) is 8.95. The molecule has 4 N–H and O–H groups in total. The summed E-state index contributed by atoms with van der Waals surface area (Å²) in [7, 11) is 0. The fourth-order valence-corrected chi connectivity index (χ4v) is 6.64. The largest absolute Gasteiger partial charge is 0.395 e. The second-order valence-corrected chi connectivity index (χ2v) is 9.90. The van der Waals surface area contributed by atoms with Crippen LogP contribution in [0.1, 0.15) is 49.1 Å². The van der Waals surface area contributed by atoms with Crippen LogP contribution in [0.3, 0.4) is 0 Å². The van der Waals surface area contributed by atoms with E-state index >= 15 is 4.39 Å². The number of hydrogen-bond acceptors (Lipinski definition) is 4. The highest BCUT2D eigenvalue weighted by atomic mass is 35.5. The van der Waals surface area contributed by atoms with E-state index in [1.165, 1.54) is 6.07 Å². The molecule has 2 fully saturated rings. The first-order chi connectivity index (χ1) is 15.4. The van der Waals surface area contributed by atoms with Crippen LogP contribution in [0.4, 0.5) is 10.1 Å². The van der Waals surface area contributed by atoms with Crippen molar-refractivity contribution in [3.8, 4) is 0 Å². The zero-order chi connectivity index (χ0) is 22.6. The molecule has 0 radical (unpaired) electrons. The number of carbonyl (C=O) groups excluding carboxylic acids is 1. The highest BCUT2D eigenvalue weighted by molar-refractivity contribution is 6.31. The lowest BCUT2D eigenvalue weighted by Crippen LogP contribution is -2.57. The molecule has 2 heterocycles. The van der Waals surface area contributed by atoms with Crippen molar-refractivity contribution in [2.45, 2.75) is 61.7 Å². The van der Waals surface area contributed by atoms with Crippen molar-refractivity contribution in [1.29, 1.82) is 0 Å². The summed E-state index contributed by atoms with van der Waals surface area (Å²) >= 11 is 12.4. The number of likely N-dealkylation sites (tertiary alicyclic amines) is 1. The van der Waals surface area contributed by atoms with E-state index in [1.807, 2.05) is 6.07 Å². The summed E-state index contributed by atoms with van der Waals surface area (Å²) in [6.45, 7) is -0.228. The molecular weight excluding hydrogens is 452 g/mol. The number of halogens is 3. The first kappa shape index (κ1) is 22.1. The normalized spacial score (nSPS) is 30.7. The van der Waals surface area contributed by atoms with Crippen LogP contribution in [-0.2, 0) is 10.3 Å². The molecule has 1 amide bonds.